The zero-order chi connectivity index (χ0) is 27.5. The molecule has 0 radical (unpaired) electrons. The van der Waals surface area contributed by atoms with Crippen molar-refractivity contribution in [2.75, 3.05) is 14.1 Å². The Bertz CT molecular complexity index is 1470. The van der Waals surface area contributed by atoms with Gasteiger partial charge >= 0.3 is 0 Å². The van der Waals surface area contributed by atoms with E-state index in [0.29, 0.717) is 16.8 Å². The molecular weight excluding hydrogens is 490 g/mol. The van der Waals surface area contributed by atoms with Gasteiger partial charge < -0.3 is 26.2 Å². The van der Waals surface area contributed by atoms with Gasteiger partial charge in [-0.05, 0) is 68.3 Å². The molecule has 3 aliphatic rings. The predicted molar refractivity (Wildman–Crippen MR) is 137 cm³/mol. The number of aromatic hydroxyl groups is 1. The SMILES string of the molecule is CN(C)[C@H]1C(=O)C(C(N)=O)=C(O)[C@@]2(O)C(=O)C3=C(O)c4c(O)ccc(/C=C/c5ccccn5)c4C[C@H]3C[C@H]12. The first-order valence-electron chi connectivity index (χ1n) is 12.1. The normalized spacial score (nSPS) is 27.0. The first-order chi connectivity index (χ1) is 18.0. The number of aromatic nitrogens is 1. The number of amides is 1. The van der Waals surface area contributed by atoms with E-state index in [4.69, 9.17) is 5.73 Å². The van der Waals surface area contributed by atoms with Crippen molar-refractivity contribution < 1.29 is 34.8 Å². The van der Waals surface area contributed by atoms with Crippen LogP contribution in [0.15, 0.2) is 53.4 Å². The number of hydrogen-bond acceptors (Lipinski definition) is 9. The number of nitrogens with zero attached hydrogens (tertiary/aromatic N) is 2. The molecule has 1 amide bonds. The Morgan fingerprint density at radius 3 is 2.50 bits per heavy atom. The molecule has 6 N–H and O–H groups in total. The van der Waals surface area contributed by atoms with Crippen molar-refractivity contribution >= 4 is 35.4 Å². The van der Waals surface area contributed by atoms with E-state index in [2.05, 4.69) is 4.98 Å². The number of carbonyl (C=O) groups is 3. The number of rotatable bonds is 4. The fourth-order valence-corrected chi connectivity index (χ4v) is 6.07. The summed E-state index contributed by atoms with van der Waals surface area (Å²) in [6.07, 6.45) is 5.47. The molecular formula is C28H27N3O7. The summed E-state index contributed by atoms with van der Waals surface area (Å²) in [7, 11) is 3.12. The van der Waals surface area contributed by atoms with Gasteiger partial charge in [-0.25, -0.2) is 0 Å². The lowest BCUT2D eigenvalue weighted by Gasteiger charge is -2.50. The highest BCUT2D eigenvalue weighted by atomic mass is 16.3. The summed E-state index contributed by atoms with van der Waals surface area (Å²) in [6.45, 7) is 0. The van der Waals surface area contributed by atoms with Crippen LogP contribution in [0.4, 0.5) is 0 Å². The standard InChI is InChI=1S/C28H27N3O7/c1-31(2)22-17-12-14-11-16-13(6-8-15-5-3-4-10-30-15)7-9-18(32)20(16)23(33)19(14)25(35)28(17,38)26(36)21(24(22)34)27(29)37/h3-10,14,17,22,32-33,36,38H,11-12H2,1-2H3,(H2,29,37)/b8-6+/t14-,17+,22+,28-/m0/s1. The number of carbonyl (C=O) groups excluding carboxylic acids is 3. The first-order valence-corrected chi connectivity index (χ1v) is 12.1. The molecule has 1 saturated carbocycles. The Labute approximate surface area is 218 Å². The van der Waals surface area contributed by atoms with Gasteiger partial charge in [0.05, 0.1) is 17.3 Å². The molecule has 0 spiro atoms. The minimum absolute atomic E-state index is 0.0326. The topological polar surface area (TPSA) is 174 Å². The highest BCUT2D eigenvalue weighted by Crippen LogP contribution is 2.53. The highest BCUT2D eigenvalue weighted by molar-refractivity contribution is 6.24. The van der Waals surface area contributed by atoms with Crippen LogP contribution >= 0.6 is 0 Å². The lowest BCUT2D eigenvalue weighted by molar-refractivity contribution is -0.153. The predicted octanol–water partition coefficient (Wildman–Crippen LogP) is 1.53. The Balaban J connectivity index is 1.68. The summed E-state index contributed by atoms with van der Waals surface area (Å²) in [5, 5.41) is 44.5. The quantitative estimate of drug-likeness (QED) is 0.377. The average molecular weight is 518 g/mol. The molecule has 0 aliphatic heterocycles. The molecule has 1 aromatic carbocycles. The molecule has 0 unspecified atom stereocenters. The van der Waals surface area contributed by atoms with Crippen LogP contribution in [0.5, 0.6) is 5.75 Å². The van der Waals surface area contributed by atoms with Crippen molar-refractivity contribution in [2.45, 2.75) is 24.5 Å². The second-order valence-corrected chi connectivity index (χ2v) is 10.1. The number of primary amides is 1. The minimum Gasteiger partial charge on any atom is -0.508 e. The van der Waals surface area contributed by atoms with Crippen molar-refractivity contribution in [3.8, 4) is 5.75 Å². The van der Waals surface area contributed by atoms with Crippen LogP contribution in [0, 0.1) is 11.8 Å². The number of benzene rings is 1. The molecule has 10 heteroatoms. The summed E-state index contributed by atoms with van der Waals surface area (Å²) in [6, 6.07) is 7.41. The van der Waals surface area contributed by atoms with Gasteiger partial charge in [0.1, 0.15) is 22.8 Å². The summed E-state index contributed by atoms with van der Waals surface area (Å²) >= 11 is 0. The van der Waals surface area contributed by atoms with Gasteiger partial charge in [0.15, 0.2) is 11.4 Å². The number of fused-ring (bicyclic) bond motifs is 3. The van der Waals surface area contributed by atoms with Crippen molar-refractivity contribution in [1.82, 2.24) is 9.88 Å². The van der Waals surface area contributed by atoms with Gasteiger partial charge in [-0.15, -0.1) is 0 Å². The molecule has 1 heterocycles. The lowest BCUT2D eigenvalue weighted by atomic mass is 9.57. The molecule has 3 aliphatic carbocycles. The molecule has 5 rings (SSSR count). The van der Waals surface area contributed by atoms with Crippen molar-refractivity contribution in [3.63, 3.8) is 0 Å². The van der Waals surface area contributed by atoms with Crippen LogP contribution < -0.4 is 5.73 Å². The number of aliphatic hydroxyl groups excluding tert-OH is 2. The van der Waals surface area contributed by atoms with E-state index in [1.807, 2.05) is 12.1 Å². The molecule has 1 fully saturated rings. The third-order valence-corrected chi connectivity index (χ3v) is 7.76. The van der Waals surface area contributed by atoms with Crippen LogP contribution in [0.25, 0.3) is 17.9 Å². The van der Waals surface area contributed by atoms with Gasteiger partial charge in [-0.3, -0.25) is 24.3 Å². The van der Waals surface area contributed by atoms with Gasteiger partial charge in [-0.2, -0.15) is 0 Å². The molecule has 38 heavy (non-hydrogen) atoms. The third kappa shape index (κ3) is 3.56. The van der Waals surface area contributed by atoms with Crippen molar-refractivity contribution in [3.05, 3.63) is 75.8 Å². The molecule has 196 valence electrons. The van der Waals surface area contributed by atoms with Crippen molar-refractivity contribution in [2.24, 2.45) is 17.6 Å². The largest absolute Gasteiger partial charge is 0.508 e. The third-order valence-electron chi connectivity index (χ3n) is 7.76. The highest BCUT2D eigenvalue weighted by Gasteiger charge is 2.64. The maximum atomic E-state index is 13.8. The van der Waals surface area contributed by atoms with E-state index >= 15 is 0 Å². The Morgan fingerprint density at radius 2 is 1.87 bits per heavy atom. The maximum Gasteiger partial charge on any atom is 0.255 e. The molecule has 0 bridgehead atoms. The molecule has 0 saturated heterocycles. The van der Waals surface area contributed by atoms with Crippen LogP contribution in [-0.4, -0.2) is 73.5 Å². The molecule has 10 nitrogen and oxygen atoms in total. The molecule has 2 aromatic rings. The lowest BCUT2D eigenvalue weighted by Crippen LogP contribution is -2.65. The smallest absolute Gasteiger partial charge is 0.255 e. The van der Waals surface area contributed by atoms with E-state index in [1.54, 1.807) is 44.6 Å². The number of phenolic OH excluding ortho intramolecular Hbond substituents is 1. The number of phenols is 1. The minimum atomic E-state index is -2.66. The Hall–Kier alpha value is -4.28. The number of likely N-dealkylation sites (N-methyl/N-ethyl adjacent to an activating group) is 1. The van der Waals surface area contributed by atoms with Crippen LogP contribution in [0.2, 0.25) is 0 Å². The molecule has 4 atom stereocenters. The van der Waals surface area contributed by atoms with E-state index in [1.165, 1.54) is 11.0 Å². The first kappa shape index (κ1) is 25.4. The van der Waals surface area contributed by atoms with Crippen LogP contribution in [-0.2, 0) is 20.8 Å². The van der Waals surface area contributed by atoms with E-state index in [-0.39, 0.29) is 29.7 Å². The number of hydrogen-bond donors (Lipinski definition) is 5. The summed E-state index contributed by atoms with van der Waals surface area (Å²) in [5.74, 6) is -6.73. The Morgan fingerprint density at radius 1 is 1.13 bits per heavy atom. The monoisotopic (exact) mass is 517 g/mol. The summed E-state index contributed by atoms with van der Waals surface area (Å²) in [5.41, 5.74) is 3.68. The van der Waals surface area contributed by atoms with Crippen molar-refractivity contribution in [1.29, 1.82) is 0 Å². The zero-order valence-corrected chi connectivity index (χ0v) is 20.8. The maximum absolute atomic E-state index is 13.8. The number of aliphatic hydroxyl groups is 3. The fraction of sp³-hybridized carbons (Fsp3) is 0.286. The van der Waals surface area contributed by atoms with E-state index < -0.39 is 58.0 Å². The molecule has 1 aromatic heterocycles. The van der Waals surface area contributed by atoms with Gasteiger partial charge in [0.25, 0.3) is 5.91 Å². The van der Waals surface area contributed by atoms with Crippen LogP contribution in [0.1, 0.15) is 28.8 Å². The average Bonchev–Trinajstić information content (AvgIpc) is 2.86. The second-order valence-electron chi connectivity index (χ2n) is 10.1. The summed E-state index contributed by atoms with van der Waals surface area (Å²) in [4.78, 5) is 44.8. The fourth-order valence-electron chi connectivity index (χ4n) is 6.07. The number of Topliss-reactive ketones (excluding diaryl/α,β-unsaturated/α-hetero) is 2. The Kier molecular flexibility index (Phi) is 5.96. The van der Waals surface area contributed by atoms with Gasteiger partial charge in [0.2, 0.25) is 5.78 Å². The van der Waals surface area contributed by atoms with Crippen LogP contribution in [0.3, 0.4) is 0 Å². The van der Waals surface area contributed by atoms with E-state index in [0.717, 1.165) is 0 Å². The van der Waals surface area contributed by atoms with Gasteiger partial charge in [-0.1, -0.05) is 18.2 Å². The zero-order valence-electron chi connectivity index (χ0n) is 20.8. The second kappa shape index (κ2) is 8.93. The van der Waals surface area contributed by atoms with E-state index in [9.17, 15) is 34.8 Å². The number of pyridine rings is 1. The number of nitrogens with two attached hydrogens (primary N) is 1. The van der Waals surface area contributed by atoms with Gasteiger partial charge in [0, 0.05) is 17.7 Å². The number of ketones is 2. The summed E-state index contributed by atoms with van der Waals surface area (Å²) < 4.78 is 0.